The van der Waals surface area contributed by atoms with Crippen molar-refractivity contribution in [2.45, 2.75) is 60.0 Å². The van der Waals surface area contributed by atoms with Crippen LogP contribution in [0.1, 0.15) is 60.4 Å². The van der Waals surface area contributed by atoms with Crippen LogP contribution in [-0.4, -0.2) is 5.78 Å². The maximum absolute atomic E-state index is 14.0. The van der Waals surface area contributed by atoms with E-state index in [1.807, 2.05) is 67.3 Å². The van der Waals surface area contributed by atoms with Crippen molar-refractivity contribution in [2.75, 3.05) is 4.90 Å². The summed E-state index contributed by atoms with van der Waals surface area (Å²) in [7, 11) is 0. The number of nitrogens with two attached hydrogens (primary N) is 1. The number of nitrogens with zero attached hydrogens (tertiary/aromatic N) is 2. The highest BCUT2D eigenvalue weighted by molar-refractivity contribution is 9.10. The molecule has 0 amide bonds. The normalized spacial score (nSPS) is 18.5. The highest BCUT2D eigenvalue weighted by Gasteiger charge is 2.45. The van der Waals surface area contributed by atoms with Gasteiger partial charge in [0.15, 0.2) is 5.78 Å². The average molecular weight is 597 g/mol. The SMILES string of the molecule is Cc1cc(C)c(C2C(C#N)=C(N)N(c3ccccc3C)C3=C2C(=O)CC(C)(C)C3)cc1COc1ccc(Br)cc1. The van der Waals surface area contributed by atoms with Crippen LogP contribution >= 0.6 is 15.9 Å². The molecule has 3 aromatic carbocycles. The number of Topliss-reactive ketones (excluding diaryl/α,β-unsaturated/α-hetero) is 1. The van der Waals surface area contributed by atoms with Gasteiger partial charge in [-0.3, -0.25) is 9.69 Å². The Morgan fingerprint density at radius 1 is 1.02 bits per heavy atom. The van der Waals surface area contributed by atoms with Gasteiger partial charge < -0.3 is 10.5 Å². The Balaban J connectivity index is 1.67. The zero-order chi connectivity index (χ0) is 28.8. The number of carbonyl (C=O) groups excluding carboxylic acids is 1. The minimum absolute atomic E-state index is 0.0720. The van der Waals surface area contributed by atoms with Gasteiger partial charge in [0.25, 0.3) is 0 Å². The molecule has 3 aromatic rings. The highest BCUT2D eigenvalue weighted by atomic mass is 79.9. The second-order valence-electron chi connectivity index (χ2n) is 11.6. The number of para-hydroxylation sites is 1. The van der Waals surface area contributed by atoms with Crippen LogP contribution < -0.4 is 15.4 Å². The molecule has 1 atom stereocenters. The van der Waals surface area contributed by atoms with Crippen LogP contribution in [0.3, 0.4) is 0 Å². The van der Waals surface area contributed by atoms with Gasteiger partial charge in [0, 0.05) is 22.2 Å². The molecule has 5 rings (SSSR count). The molecule has 1 aliphatic heterocycles. The third-order valence-corrected chi connectivity index (χ3v) is 8.51. The lowest BCUT2D eigenvalue weighted by atomic mass is 9.68. The van der Waals surface area contributed by atoms with E-state index in [1.54, 1.807) is 0 Å². The molecule has 204 valence electrons. The molecule has 0 spiro atoms. The Kier molecular flexibility index (Phi) is 7.37. The van der Waals surface area contributed by atoms with E-state index in [0.717, 1.165) is 49.4 Å². The molecule has 0 bridgehead atoms. The summed E-state index contributed by atoms with van der Waals surface area (Å²) in [6.45, 7) is 10.7. The van der Waals surface area contributed by atoms with Crippen LogP contribution in [0.5, 0.6) is 5.75 Å². The summed E-state index contributed by atoms with van der Waals surface area (Å²) >= 11 is 3.46. The number of ketones is 1. The van der Waals surface area contributed by atoms with E-state index in [-0.39, 0.29) is 11.2 Å². The summed E-state index contributed by atoms with van der Waals surface area (Å²) in [5, 5.41) is 10.5. The number of rotatable bonds is 5. The van der Waals surface area contributed by atoms with Crippen LogP contribution in [0.4, 0.5) is 5.69 Å². The number of allylic oxidation sites excluding steroid dienone is 3. The molecule has 0 radical (unpaired) electrons. The van der Waals surface area contributed by atoms with Crippen molar-refractivity contribution in [3.63, 3.8) is 0 Å². The highest BCUT2D eigenvalue weighted by Crippen LogP contribution is 2.51. The number of nitriles is 1. The Labute approximate surface area is 245 Å². The van der Waals surface area contributed by atoms with Gasteiger partial charge in [-0.25, -0.2) is 0 Å². The number of ether oxygens (including phenoxy) is 1. The summed E-state index contributed by atoms with van der Waals surface area (Å²) in [4.78, 5) is 15.9. The van der Waals surface area contributed by atoms with Gasteiger partial charge in [-0.05, 0) is 90.8 Å². The fraction of sp³-hybridized carbons (Fsp3) is 0.294. The standard InChI is InChI=1S/C34H34BrN3O2/c1-20-8-6-7-9-28(20)38-29-16-34(4,5)17-30(39)32(29)31(27(18-36)33(38)37)26-15-23(21(2)14-22(26)3)19-40-25-12-10-24(35)11-13-25/h6-15,31H,16-17,19,37H2,1-5H3. The fourth-order valence-electron chi connectivity index (χ4n) is 5.98. The number of carbonyl (C=O) groups is 1. The first-order valence-electron chi connectivity index (χ1n) is 13.5. The molecule has 40 heavy (non-hydrogen) atoms. The lowest BCUT2D eigenvalue weighted by molar-refractivity contribution is -0.118. The molecule has 0 aromatic heterocycles. The molecule has 0 fully saturated rings. The Morgan fingerprint density at radius 2 is 1.73 bits per heavy atom. The zero-order valence-corrected chi connectivity index (χ0v) is 25.2. The van der Waals surface area contributed by atoms with Crippen molar-refractivity contribution in [1.82, 2.24) is 0 Å². The maximum Gasteiger partial charge on any atom is 0.162 e. The van der Waals surface area contributed by atoms with Crippen LogP contribution in [0.2, 0.25) is 0 Å². The lowest BCUT2D eigenvalue weighted by Crippen LogP contribution is -2.42. The number of halogens is 1. The minimum atomic E-state index is -0.532. The number of hydrogen-bond acceptors (Lipinski definition) is 5. The Bertz CT molecular complexity index is 1610. The summed E-state index contributed by atoms with van der Waals surface area (Å²) in [6.07, 6.45) is 1.11. The van der Waals surface area contributed by atoms with E-state index in [9.17, 15) is 10.1 Å². The topological polar surface area (TPSA) is 79.4 Å². The zero-order valence-electron chi connectivity index (χ0n) is 23.6. The van der Waals surface area contributed by atoms with Gasteiger partial charge in [0.2, 0.25) is 0 Å². The summed E-state index contributed by atoms with van der Waals surface area (Å²) in [5.74, 6) is 0.699. The molecule has 5 nitrogen and oxygen atoms in total. The summed E-state index contributed by atoms with van der Waals surface area (Å²) in [5.41, 5.74) is 14.6. The van der Waals surface area contributed by atoms with E-state index in [2.05, 4.69) is 54.9 Å². The molecule has 1 unspecified atom stereocenters. The smallest absolute Gasteiger partial charge is 0.162 e. The van der Waals surface area contributed by atoms with E-state index in [1.165, 1.54) is 0 Å². The van der Waals surface area contributed by atoms with Crippen molar-refractivity contribution in [3.8, 4) is 11.8 Å². The number of aryl methyl sites for hydroxylation is 3. The van der Waals surface area contributed by atoms with Crippen LogP contribution in [0.25, 0.3) is 0 Å². The van der Waals surface area contributed by atoms with Gasteiger partial charge in [-0.15, -0.1) is 0 Å². The largest absolute Gasteiger partial charge is 0.489 e. The van der Waals surface area contributed by atoms with Gasteiger partial charge in [0.05, 0.1) is 23.2 Å². The third-order valence-electron chi connectivity index (χ3n) is 7.98. The van der Waals surface area contributed by atoms with Gasteiger partial charge in [-0.1, -0.05) is 60.1 Å². The van der Waals surface area contributed by atoms with Gasteiger partial charge >= 0.3 is 0 Å². The first-order chi connectivity index (χ1) is 19.0. The number of anilines is 1. The Morgan fingerprint density at radius 3 is 2.40 bits per heavy atom. The molecule has 6 heteroatoms. The predicted octanol–water partition coefficient (Wildman–Crippen LogP) is 7.89. The minimum Gasteiger partial charge on any atom is -0.489 e. The maximum atomic E-state index is 14.0. The molecule has 1 aliphatic carbocycles. The third kappa shape index (κ3) is 5.07. The monoisotopic (exact) mass is 595 g/mol. The number of hydrogen-bond donors (Lipinski definition) is 1. The van der Waals surface area contributed by atoms with Crippen molar-refractivity contribution in [1.29, 1.82) is 5.26 Å². The number of benzene rings is 3. The van der Waals surface area contributed by atoms with Crippen molar-refractivity contribution >= 4 is 27.4 Å². The first-order valence-corrected chi connectivity index (χ1v) is 14.3. The summed E-state index contributed by atoms with van der Waals surface area (Å²) in [6, 6.07) is 22.3. The van der Waals surface area contributed by atoms with Crippen LogP contribution in [-0.2, 0) is 11.4 Å². The molecule has 1 heterocycles. The average Bonchev–Trinajstić information content (AvgIpc) is 2.89. The van der Waals surface area contributed by atoms with E-state index < -0.39 is 5.92 Å². The van der Waals surface area contributed by atoms with E-state index in [4.69, 9.17) is 10.5 Å². The first kappa shape index (κ1) is 27.7. The molecule has 2 N–H and O–H groups in total. The fourth-order valence-corrected chi connectivity index (χ4v) is 6.25. The van der Waals surface area contributed by atoms with Crippen LogP contribution in [0.15, 0.2) is 87.8 Å². The molecule has 0 saturated heterocycles. The second kappa shape index (κ2) is 10.6. The summed E-state index contributed by atoms with van der Waals surface area (Å²) < 4.78 is 7.11. The second-order valence-corrected chi connectivity index (χ2v) is 12.6. The van der Waals surface area contributed by atoms with Gasteiger partial charge in [0.1, 0.15) is 18.2 Å². The van der Waals surface area contributed by atoms with E-state index >= 15 is 0 Å². The van der Waals surface area contributed by atoms with Crippen molar-refractivity contribution in [3.05, 3.63) is 116 Å². The van der Waals surface area contributed by atoms with Crippen molar-refractivity contribution < 1.29 is 9.53 Å². The molecular weight excluding hydrogens is 562 g/mol. The Hall–Kier alpha value is -3.82. The van der Waals surface area contributed by atoms with E-state index in [0.29, 0.717) is 36.4 Å². The molecular formula is C34H34BrN3O2. The lowest BCUT2D eigenvalue weighted by Gasteiger charge is -2.44. The van der Waals surface area contributed by atoms with Gasteiger partial charge in [-0.2, -0.15) is 5.26 Å². The quantitative estimate of drug-likeness (QED) is 0.324. The molecule has 2 aliphatic rings. The van der Waals surface area contributed by atoms with Crippen LogP contribution in [0, 0.1) is 37.5 Å². The predicted molar refractivity (Wildman–Crippen MR) is 163 cm³/mol. The van der Waals surface area contributed by atoms with Crippen molar-refractivity contribution in [2.24, 2.45) is 11.1 Å². The molecule has 0 saturated carbocycles.